The normalized spacial score (nSPS) is 13.2. The number of nitrogens with one attached hydrogen (secondary N) is 1. The van der Waals surface area contributed by atoms with Crippen LogP contribution in [0.15, 0.2) is 34.3 Å². The standard InChI is InChI=1S/C17H26N2OS/c1-13(2)18-11-17-15(7-8-20-17)12-19(4)14(3)10-16-6-5-9-21-16/h5-9,13-14,18H,10-12H2,1-4H3. The number of hydrogen-bond acceptors (Lipinski definition) is 4. The Bertz CT molecular complexity index is 519. The van der Waals surface area contributed by atoms with Gasteiger partial charge in [-0.05, 0) is 37.9 Å². The maximum atomic E-state index is 5.61. The lowest BCUT2D eigenvalue weighted by Gasteiger charge is -2.24. The smallest absolute Gasteiger partial charge is 0.122 e. The number of furan rings is 1. The highest BCUT2D eigenvalue weighted by atomic mass is 32.1. The first-order valence-electron chi connectivity index (χ1n) is 7.57. The molecule has 1 atom stereocenters. The summed E-state index contributed by atoms with van der Waals surface area (Å²) in [7, 11) is 2.19. The lowest BCUT2D eigenvalue weighted by atomic mass is 10.1. The minimum Gasteiger partial charge on any atom is -0.468 e. The van der Waals surface area contributed by atoms with Crippen molar-refractivity contribution >= 4 is 11.3 Å². The van der Waals surface area contributed by atoms with E-state index >= 15 is 0 Å². The van der Waals surface area contributed by atoms with Gasteiger partial charge in [0, 0.05) is 29.1 Å². The lowest BCUT2D eigenvalue weighted by molar-refractivity contribution is 0.246. The molecule has 0 bridgehead atoms. The van der Waals surface area contributed by atoms with Crippen molar-refractivity contribution in [1.82, 2.24) is 10.2 Å². The zero-order chi connectivity index (χ0) is 15.2. The summed E-state index contributed by atoms with van der Waals surface area (Å²) in [6.07, 6.45) is 2.90. The molecule has 0 saturated carbocycles. The van der Waals surface area contributed by atoms with Gasteiger partial charge >= 0.3 is 0 Å². The quantitative estimate of drug-likeness (QED) is 0.802. The van der Waals surface area contributed by atoms with Gasteiger partial charge in [0.2, 0.25) is 0 Å². The van der Waals surface area contributed by atoms with Crippen molar-refractivity contribution in [2.24, 2.45) is 0 Å². The Hall–Kier alpha value is -1.10. The van der Waals surface area contributed by atoms with Crippen LogP contribution in [0.1, 0.15) is 37.0 Å². The summed E-state index contributed by atoms with van der Waals surface area (Å²) in [5.74, 6) is 1.05. The van der Waals surface area contributed by atoms with Crippen LogP contribution in [0.3, 0.4) is 0 Å². The first kappa shape index (κ1) is 16.3. The first-order valence-corrected chi connectivity index (χ1v) is 8.45. The maximum absolute atomic E-state index is 5.61. The summed E-state index contributed by atoms with van der Waals surface area (Å²) in [5, 5.41) is 5.56. The molecule has 2 aromatic heterocycles. The third kappa shape index (κ3) is 4.99. The Morgan fingerprint density at radius 3 is 2.76 bits per heavy atom. The number of nitrogens with zero attached hydrogens (tertiary/aromatic N) is 1. The molecule has 1 unspecified atom stereocenters. The van der Waals surface area contributed by atoms with Crippen LogP contribution in [-0.4, -0.2) is 24.0 Å². The van der Waals surface area contributed by atoms with E-state index in [2.05, 4.69) is 61.6 Å². The molecular formula is C17H26N2OS. The maximum Gasteiger partial charge on any atom is 0.122 e. The molecule has 0 saturated heterocycles. The van der Waals surface area contributed by atoms with Crippen molar-refractivity contribution < 1.29 is 4.42 Å². The van der Waals surface area contributed by atoms with Crippen LogP contribution in [0.5, 0.6) is 0 Å². The SMILES string of the molecule is CC(C)NCc1occc1CN(C)C(C)Cc1cccs1. The summed E-state index contributed by atoms with van der Waals surface area (Å²) in [6, 6.07) is 7.41. The Balaban J connectivity index is 1.89. The Morgan fingerprint density at radius 2 is 2.10 bits per heavy atom. The fraction of sp³-hybridized carbons (Fsp3) is 0.529. The van der Waals surface area contributed by atoms with Gasteiger partial charge in [-0.25, -0.2) is 0 Å². The summed E-state index contributed by atoms with van der Waals surface area (Å²) >= 11 is 1.84. The van der Waals surface area contributed by atoms with Crippen molar-refractivity contribution in [3.63, 3.8) is 0 Å². The molecule has 2 rings (SSSR count). The van der Waals surface area contributed by atoms with Gasteiger partial charge in [-0.2, -0.15) is 0 Å². The zero-order valence-corrected chi connectivity index (χ0v) is 14.2. The van der Waals surface area contributed by atoms with Gasteiger partial charge in [0.05, 0.1) is 12.8 Å². The van der Waals surface area contributed by atoms with Gasteiger partial charge < -0.3 is 9.73 Å². The van der Waals surface area contributed by atoms with Crippen molar-refractivity contribution in [3.8, 4) is 0 Å². The van der Waals surface area contributed by atoms with Gasteiger partial charge in [-0.15, -0.1) is 11.3 Å². The van der Waals surface area contributed by atoms with Crippen molar-refractivity contribution in [2.75, 3.05) is 7.05 Å². The van der Waals surface area contributed by atoms with Gasteiger partial charge in [-0.1, -0.05) is 19.9 Å². The number of rotatable bonds is 8. The van der Waals surface area contributed by atoms with Gasteiger partial charge in [0.15, 0.2) is 0 Å². The Labute approximate surface area is 132 Å². The molecule has 2 heterocycles. The molecule has 0 aromatic carbocycles. The van der Waals surface area contributed by atoms with Gasteiger partial charge in [0.25, 0.3) is 0 Å². The molecule has 0 radical (unpaired) electrons. The summed E-state index contributed by atoms with van der Waals surface area (Å²) < 4.78 is 5.61. The molecule has 1 N–H and O–H groups in total. The fourth-order valence-corrected chi connectivity index (χ4v) is 3.09. The molecule has 0 fully saturated rings. The first-order chi connectivity index (χ1) is 10.1. The van der Waals surface area contributed by atoms with E-state index in [0.717, 1.165) is 25.3 Å². The second-order valence-corrected chi connectivity index (χ2v) is 6.98. The summed E-state index contributed by atoms with van der Waals surface area (Å²) in [5.41, 5.74) is 1.28. The van der Waals surface area contributed by atoms with E-state index in [-0.39, 0.29) is 0 Å². The van der Waals surface area contributed by atoms with Crippen molar-refractivity contribution in [3.05, 3.63) is 46.0 Å². The van der Waals surface area contributed by atoms with Gasteiger partial charge in [0.1, 0.15) is 5.76 Å². The minimum absolute atomic E-state index is 0.471. The average Bonchev–Trinajstić information content (AvgIpc) is 3.08. The molecule has 0 aliphatic heterocycles. The van der Waals surface area contributed by atoms with E-state index in [1.807, 2.05) is 11.3 Å². The van der Waals surface area contributed by atoms with E-state index in [4.69, 9.17) is 4.42 Å². The van der Waals surface area contributed by atoms with Crippen LogP contribution in [0.25, 0.3) is 0 Å². The third-order valence-electron chi connectivity index (χ3n) is 3.76. The molecule has 4 heteroatoms. The molecule has 21 heavy (non-hydrogen) atoms. The largest absolute Gasteiger partial charge is 0.468 e. The Morgan fingerprint density at radius 1 is 1.29 bits per heavy atom. The highest BCUT2D eigenvalue weighted by Crippen LogP contribution is 2.17. The van der Waals surface area contributed by atoms with Crippen LogP contribution < -0.4 is 5.32 Å². The van der Waals surface area contributed by atoms with Crippen LogP contribution in [0.4, 0.5) is 0 Å². The predicted molar refractivity (Wildman–Crippen MR) is 89.6 cm³/mol. The van der Waals surface area contributed by atoms with E-state index in [1.165, 1.54) is 10.4 Å². The van der Waals surface area contributed by atoms with E-state index in [9.17, 15) is 0 Å². The number of thiophene rings is 1. The Kier molecular flexibility index (Phi) is 6.03. The molecule has 0 amide bonds. The molecular weight excluding hydrogens is 280 g/mol. The van der Waals surface area contributed by atoms with Crippen molar-refractivity contribution in [2.45, 2.75) is 52.4 Å². The van der Waals surface area contributed by atoms with Crippen molar-refractivity contribution in [1.29, 1.82) is 0 Å². The predicted octanol–water partition coefficient (Wildman–Crippen LogP) is 3.90. The molecule has 2 aromatic rings. The molecule has 3 nitrogen and oxygen atoms in total. The molecule has 0 aliphatic carbocycles. The van der Waals surface area contributed by atoms with Gasteiger partial charge in [-0.3, -0.25) is 4.90 Å². The highest BCUT2D eigenvalue weighted by molar-refractivity contribution is 7.09. The number of likely N-dealkylation sites (N-methyl/N-ethyl adjacent to an activating group) is 1. The second kappa shape index (κ2) is 7.78. The fourth-order valence-electron chi connectivity index (χ4n) is 2.26. The third-order valence-corrected chi connectivity index (χ3v) is 4.66. The van der Waals surface area contributed by atoms with Crippen LogP contribution in [0, 0.1) is 0 Å². The molecule has 0 spiro atoms. The molecule has 0 aliphatic rings. The van der Waals surface area contributed by atoms with Crippen LogP contribution >= 0.6 is 11.3 Å². The van der Waals surface area contributed by atoms with Crippen LogP contribution in [-0.2, 0) is 19.5 Å². The number of hydrogen-bond donors (Lipinski definition) is 1. The highest BCUT2D eigenvalue weighted by Gasteiger charge is 2.14. The summed E-state index contributed by atoms with van der Waals surface area (Å²) in [4.78, 5) is 3.84. The zero-order valence-electron chi connectivity index (χ0n) is 13.4. The molecule has 116 valence electrons. The van der Waals surface area contributed by atoms with E-state index in [0.29, 0.717) is 12.1 Å². The minimum atomic E-state index is 0.471. The van der Waals surface area contributed by atoms with E-state index < -0.39 is 0 Å². The van der Waals surface area contributed by atoms with Crippen LogP contribution in [0.2, 0.25) is 0 Å². The second-order valence-electron chi connectivity index (χ2n) is 5.95. The average molecular weight is 306 g/mol. The monoisotopic (exact) mass is 306 g/mol. The van der Waals surface area contributed by atoms with E-state index in [1.54, 1.807) is 6.26 Å². The lowest BCUT2D eigenvalue weighted by Crippen LogP contribution is -2.30. The summed E-state index contributed by atoms with van der Waals surface area (Å²) in [6.45, 7) is 8.31. The topological polar surface area (TPSA) is 28.4 Å².